The summed E-state index contributed by atoms with van der Waals surface area (Å²) < 4.78 is 1.42. The molecule has 58 heavy (non-hydrogen) atoms. The van der Waals surface area contributed by atoms with E-state index in [1.54, 1.807) is 27.7 Å². The van der Waals surface area contributed by atoms with E-state index in [1.807, 2.05) is 0 Å². The van der Waals surface area contributed by atoms with Crippen LogP contribution in [0.15, 0.2) is 6.20 Å². The Morgan fingerprint density at radius 3 is 1.97 bits per heavy atom. The molecule has 13 N–H and O–H groups in total. The Hall–Kier alpha value is -6.20. The number of aliphatic hydroxyl groups excluding tert-OH is 1. The molecule has 1 aromatic heterocycles. The van der Waals surface area contributed by atoms with Crippen molar-refractivity contribution in [2.75, 3.05) is 6.61 Å². The highest BCUT2D eigenvalue weighted by atomic mass is 16.4. The lowest BCUT2D eigenvalue weighted by molar-refractivity contribution is -0.141. The van der Waals surface area contributed by atoms with Crippen LogP contribution in [0.3, 0.4) is 0 Å². The summed E-state index contributed by atoms with van der Waals surface area (Å²) in [5.74, 6) is -11.4. The van der Waals surface area contributed by atoms with Gasteiger partial charge in [0, 0.05) is 25.1 Å². The largest absolute Gasteiger partial charge is 0.481 e. The van der Waals surface area contributed by atoms with Crippen LogP contribution in [-0.4, -0.2) is 133 Å². The van der Waals surface area contributed by atoms with Crippen LogP contribution in [-0.2, 0) is 60.9 Å². The summed E-state index contributed by atoms with van der Waals surface area (Å²) >= 11 is 0. The predicted molar refractivity (Wildman–Crippen MR) is 199 cm³/mol. The van der Waals surface area contributed by atoms with Crippen molar-refractivity contribution >= 4 is 59.1 Å². The third kappa shape index (κ3) is 15.4. The topological polar surface area (TPSA) is 378 Å². The molecule has 0 saturated carbocycles. The summed E-state index contributed by atoms with van der Waals surface area (Å²) in [5.41, 5.74) is 11.0. The fourth-order valence-electron chi connectivity index (χ4n) is 5.47. The Balaban J connectivity index is 2.52. The summed E-state index contributed by atoms with van der Waals surface area (Å²) in [4.78, 5) is 128. The Labute approximate surface area is 333 Å². The molecular weight excluding hydrogens is 768 g/mol. The minimum absolute atomic E-state index is 0.0267. The minimum Gasteiger partial charge on any atom is -0.481 e. The molecule has 0 saturated heterocycles. The van der Waals surface area contributed by atoms with Gasteiger partial charge in [-0.15, -0.1) is 5.10 Å². The van der Waals surface area contributed by atoms with E-state index >= 15 is 0 Å². The van der Waals surface area contributed by atoms with Gasteiger partial charge in [-0.2, -0.15) is 0 Å². The highest BCUT2D eigenvalue weighted by molar-refractivity contribution is 5.99. The number of aromatic nitrogens is 3. The fourth-order valence-corrected chi connectivity index (χ4v) is 5.47. The predicted octanol–water partition coefficient (Wildman–Crippen LogP) is -5.44. The number of aliphatic hydroxyl groups is 1. The molecule has 0 fully saturated rings. The lowest BCUT2D eigenvalue weighted by atomic mass is 10.0. The van der Waals surface area contributed by atoms with Gasteiger partial charge in [-0.1, -0.05) is 32.9 Å². The maximum absolute atomic E-state index is 13.5. The summed E-state index contributed by atoms with van der Waals surface area (Å²) in [5, 5.41) is 44.1. The number of hydrogen-bond donors (Lipinski definition) is 11. The van der Waals surface area contributed by atoms with Gasteiger partial charge in [0.15, 0.2) is 0 Å². The first-order valence-corrected chi connectivity index (χ1v) is 18.5. The molecule has 0 spiro atoms. The number of rotatable bonds is 9. The molecule has 2 rings (SSSR count). The van der Waals surface area contributed by atoms with Crippen LogP contribution in [0.5, 0.6) is 0 Å². The number of carbonyl (C=O) groups excluding carboxylic acids is 9. The zero-order valence-electron chi connectivity index (χ0n) is 32.9. The van der Waals surface area contributed by atoms with E-state index in [4.69, 9.17) is 11.5 Å². The first kappa shape index (κ1) is 48.0. The van der Waals surface area contributed by atoms with E-state index in [1.165, 1.54) is 17.8 Å². The summed E-state index contributed by atoms with van der Waals surface area (Å²) in [6.45, 7) is 6.80. The first-order chi connectivity index (χ1) is 27.1. The standard InChI is InChI=1S/C34H54N12O12/c1-15(2)26-34(58)37-17(5)29(53)40-21(11-24(35)48)31(55)41-22(12-25(49)50)32(56)38-19(27(36)51)8-6-7-9-46-13-18(44-45-46)10-20(39-28(52)16(3)4)30(54)42-23(14-47)33(57)43-26/h13,15-17,19-23,26,47H,6-12,14H2,1-5H3,(H2,35,48)(H2,36,51)(H,37,58)(H,38,56)(H,39,52)(H,40,53)(H,41,55)(H,42,54)(H,43,57)(H,49,50)/t17-,19+,20-,21-,22-,23-,26-/m1/s1. The van der Waals surface area contributed by atoms with E-state index in [-0.39, 0.29) is 31.5 Å². The van der Waals surface area contributed by atoms with Crippen LogP contribution >= 0.6 is 0 Å². The number of fused-ring (bicyclic) bond motifs is 2. The van der Waals surface area contributed by atoms with Crippen molar-refractivity contribution in [3.63, 3.8) is 0 Å². The van der Waals surface area contributed by atoms with Crippen molar-refractivity contribution in [2.24, 2.45) is 23.3 Å². The molecule has 322 valence electrons. The van der Waals surface area contributed by atoms with Gasteiger partial charge in [-0.3, -0.25) is 52.6 Å². The maximum Gasteiger partial charge on any atom is 0.305 e. The second kappa shape index (κ2) is 22.5. The van der Waals surface area contributed by atoms with Crippen molar-refractivity contribution in [3.05, 3.63) is 11.9 Å². The van der Waals surface area contributed by atoms with Gasteiger partial charge >= 0.3 is 5.97 Å². The van der Waals surface area contributed by atoms with E-state index in [0.29, 0.717) is 6.42 Å². The highest BCUT2D eigenvalue weighted by Crippen LogP contribution is 2.09. The SMILES string of the molecule is CC(C)C(=O)N[C@@H]1Cc2cn(nn2)CCCC[C@@H](C(N)=O)NC(=O)[C@@H](CC(=O)O)NC(=O)[C@@H](CC(N)=O)NC(=O)[C@@H](C)NC(=O)[C@@H](C(C)C)NC(=O)[C@@H](CO)NC1=O. The number of amides is 9. The van der Waals surface area contributed by atoms with Crippen molar-refractivity contribution in [1.29, 1.82) is 0 Å². The maximum atomic E-state index is 13.5. The second-order valence-corrected chi connectivity index (χ2v) is 14.4. The molecule has 1 aliphatic heterocycles. The monoisotopic (exact) mass is 822 g/mol. The van der Waals surface area contributed by atoms with Gasteiger partial charge in [-0.05, 0) is 32.1 Å². The van der Waals surface area contributed by atoms with Crippen LogP contribution in [0.1, 0.15) is 72.4 Å². The average Bonchev–Trinajstić information content (AvgIpc) is 3.58. The lowest BCUT2D eigenvalue weighted by Gasteiger charge is -2.27. The number of nitrogens with two attached hydrogens (primary N) is 2. The average molecular weight is 823 g/mol. The van der Waals surface area contributed by atoms with Crippen LogP contribution in [0.25, 0.3) is 0 Å². The highest BCUT2D eigenvalue weighted by Gasteiger charge is 2.35. The van der Waals surface area contributed by atoms with Gasteiger partial charge < -0.3 is 58.9 Å². The minimum atomic E-state index is -1.82. The number of carbonyl (C=O) groups is 10. The number of carboxylic acid groups (broad SMARTS) is 1. The number of aryl methyl sites for hydroxylation is 1. The normalized spacial score (nSPS) is 25.2. The van der Waals surface area contributed by atoms with Gasteiger partial charge in [-0.25, -0.2) is 0 Å². The van der Waals surface area contributed by atoms with Crippen molar-refractivity contribution < 1.29 is 58.2 Å². The molecule has 0 aromatic carbocycles. The number of carboxylic acids is 1. The quantitative estimate of drug-likeness (QED) is 0.111. The van der Waals surface area contributed by atoms with Gasteiger partial charge in [0.2, 0.25) is 53.2 Å². The van der Waals surface area contributed by atoms with E-state index < -0.39 is 133 Å². The van der Waals surface area contributed by atoms with Gasteiger partial charge in [0.1, 0.15) is 42.3 Å². The molecule has 24 heteroatoms. The number of primary amides is 2. The number of nitrogens with one attached hydrogen (secondary N) is 7. The molecule has 0 aliphatic carbocycles. The van der Waals surface area contributed by atoms with Crippen LogP contribution in [0.4, 0.5) is 0 Å². The Kier molecular flexibility index (Phi) is 18.6. The van der Waals surface area contributed by atoms with Gasteiger partial charge in [0.05, 0.1) is 25.1 Å². The second-order valence-electron chi connectivity index (χ2n) is 14.4. The van der Waals surface area contributed by atoms with E-state index in [2.05, 4.69) is 47.5 Å². The summed E-state index contributed by atoms with van der Waals surface area (Å²) in [6.07, 6.45) is 0.0853. The Bertz CT molecular complexity index is 1700. The van der Waals surface area contributed by atoms with Crippen molar-refractivity contribution in [1.82, 2.24) is 52.2 Å². The van der Waals surface area contributed by atoms with Crippen molar-refractivity contribution in [3.8, 4) is 0 Å². The smallest absolute Gasteiger partial charge is 0.305 e. The zero-order valence-corrected chi connectivity index (χ0v) is 32.9. The zero-order chi connectivity index (χ0) is 43.9. The van der Waals surface area contributed by atoms with Crippen LogP contribution < -0.4 is 48.7 Å². The summed E-state index contributed by atoms with van der Waals surface area (Å²) in [6, 6.07) is -10.6. The molecule has 9 amide bonds. The Morgan fingerprint density at radius 2 is 1.40 bits per heavy atom. The molecular formula is C34H54N12O12. The molecule has 0 radical (unpaired) electrons. The first-order valence-electron chi connectivity index (χ1n) is 18.5. The van der Waals surface area contributed by atoms with E-state index in [9.17, 15) is 58.2 Å². The van der Waals surface area contributed by atoms with Crippen molar-refractivity contribution in [2.45, 2.75) is 122 Å². The summed E-state index contributed by atoms with van der Waals surface area (Å²) in [7, 11) is 0. The number of nitrogens with zero attached hydrogens (tertiary/aromatic N) is 3. The van der Waals surface area contributed by atoms with Gasteiger partial charge in [0.25, 0.3) is 0 Å². The molecule has 1 aliphatic rings. The third-order valence-corrected chi connectivity index (χ3v) is 8.81. The third-order valence-electron chi connectivity index (χ3n) is 8.81. The Morgan fingerprint density at radius 1 is 0.810 bits per heavy atom. The molecule has 0 unspecified atom stereocenters. The molecule has 2 bridgehead atoms. The molecule has 7 atom stereocenters. The fraction of sp³-hybridized carbons (Fsp3) is 0.647. The number of aliphatic carboxylic acids is 1. The molecule has 2 heterocycles. The van der Waals surface area contributed by atoms with Crippen LogP contribution in [0, 0.1) is 11.8 Å². The van der Waals surface area contributed by atoms with Crippen LogP contribution in [0.2, 0.25) is 0 Å². The van der Waals surface area contributed by atoms with E-state index in [0.717, 1.165) is 0 Å². The lowest BCUT2D eigenvalue weighted by Crippen LogP contribution is -2.61. The molecule has 1 aromatic rings. The molecule has 24 nitrogen and oxygen atoms in total. The number of hydrogen-bond acceptors (Lipinski definition) is 13.